The molecule has 0 saturated heterocycles. The Morgan fingerprint density at radius 3 is 2.00 bits per heavy atom. The maximum atomic E-state index is 12.8. The quantitative estimate of drug-likeness (QED) is 0.876. The minimum atomic E-state index is -0.353. The third-order valence-electron chi connectivity index (χ3n) is 3.54. The Kier molecular flexibility index (Phi) is 5.38. The van der Waals surface area contributed by atoms with E-state index in [-0.39, 0.29) is 11.9 Å². The van der Waals surface area contributed by atoms with Gasteiger partial charge in [0.1, 0.15) is 6.04 Å². The topological polar surface area (TPSA) is 32.3 Å². The van der Waals surface area contributed by atoms with Crippen LogP contribution in [0.1, 0.15) is 25.5 Å². The SMILES string of the molecule is CCN(CC)C(=O)C(Nc1ccccc1)c1ccccc1. The molecule has 0 aliphatic carbocycles. The molecule has 1 N–H and O–H groups in total. The molecule has 0 aliphatic rings. The third kappa shape index (κ3) is 3.85. The molecule has 3 nitrogen and oxygen atoms in total. The van der Waals surface area contributed by atoms with Gasteiger partial charge in [0.05, 0.1) is 0 Å². The van der Waals surface area contributed by atoms with Crippen LogP contribution in [-0.2, 0) is 4.79 Å². The second-order valence-corrected chi connectivity index (χ2v) is 4.86. The summed E-state index contributed by atoms with van der Waals surface area (Å²) in [4.78, 5) is 14.6. The Balaban J connectivity index is 2.29. The Bertz CT molecular complexity index is 550. The number of amides is 1. The fourth-order valence-corrected chi connectivity index (χ4v) is 2.35. The maximum absolute atomic E-state index is 12.8. The molecule has 0 radical (unpaired) electrons. The second-order valence-electron chi connectivity index (χ2n) is 4.86. The predicted octanol–water partition coefficient (Wildman–Crippen LogP) is 3.71. The van der Waals surface area contributed by atoms with Gasteiger partial charge in [-0.1, -0.05) is 48.5 Å². The standard InChI is InChI=1S/C18H22N2O/c1-3-20(4-2)18(21)17(15-11-7-5-8-12-15)19-16-13-9-6-10-14-16/h5-14,17,19H,3-4H2,1-2H3. The number of hydrogen-bond acceptors (Lipinski definition) is 2. The summed E-state index contributed by atoms with van der Waals surface area (Å²) in [6.07, 6.45) is 0. The lowest BCUT2D eigenvalue weighted by atomic mass is 10.0. The van der Waals surface area contributed by atoms with Crippen molar-refractivity contribution in [3.05, 3.63) is 66.2 Å². The fraction of sp³-hybridized carbons (Fsp3) is 0.278. The molecule has 0 heterocycles. The minimum Gasteiger partial charge on any atom is -0.370 e. The van der Waals surface area contributed by atoms with Gasteiger partial charge in [-0.15, -0.1) is 0 Å². The number of rotatable bonds is 6. The molecule has 2 aromatic rings. The van der Waals surface area contributed by atoms with Crippen molar-refractivity contribution in [3.63, 3.8) is 0 Å². The van der Waals surface area contributed by atoms with E-state index in [1.165, 1.54) is 0 Å². The number of carbonyl (C=O) groups is 1. The van der Waals surface area contributed by atoms with Gasteiger partial charge in [0, 0.05) is 18.8 Å². The molecule has 0 saturated carbocycles. The van der Waals surface area contributed by atoms with Crippen LogP contribution in [0.2, 0.25) is 0 Å². The van der Waals surface area contributed by atoms with Crippen molar-refractivity contribution < 1.29 is 4.79 Å². The van der Waals surface area contributed by atoms with Crippen molar-refractivity contribution in [2.75, 3.05) is 18.4 Å². The number of benzene rings is 2. The number of nitrogens with one attached hydrogen (secondary N) is 1. The van der Waals surface area contributed by atoms with Crippen LogP contribution in [0.5, 0.6) is 0 Å². The van der Waals surface area contributed by atoms with Gasteiger partial charge in [0.25, 0.3) is 0 Å². The molecule has 0 bridgehead atoms. The minimum absolute atomic E-state index is 0.107. The van der Waals surface area contributed by atoms with Crippen LogP contribution in [0.3, 0.4) is 0 Å². The Morgan fingerprint density at radius 1 is 0.952 bits per heavy atom. The van der Waals surface area contributed by atoms with E-state index in [1.807, 2.05) is 79.4 Å². The van der Waals surface area contributed by atoms with Crippen LogP contribution in [0.25, 0.3) is 0 Å². The number of carbonyl (C=O) groups excluding carboxylic acids is 1. The summed E-state index contributed by atoms with van der Waals surface area (Å²) in [6, 6.07) is 19.4. The molecule has 1 atom stereocenters. The molecule has 110 valence electrons. The first kappa shape index (κ1) is 15.1. The van der Waals surface area contributed by atoms with Crippen molar-refractivity contribution in [1.29, 1.82) is 0 Å². The van der Waals surface area contributed by atoms with Gasteiger partial charge < -0.3 is 10.2 Å². The van der Waals surface area contributed by atoms with Crippen LogP contribution in [-0.4, -0.2) is 23.9 Å². The highest BCUT2D eigenvalue weighted by Gasteiger charge is 2.24. The Labute approximate surface area is 126 Å². The summed E-state index contributed by atoms with van der Waals surface area (Å²) < 4.78 is 0. The molecule has 0 spiro atoms. The van der Waals surface area contributed by atoms with Crippen LogP contribution in [0.15, 0.2) is 60.7 Å². The van der Waals surface area contributed by atoms with E-state index in [2.05, 4.69) is 5.32 Å². The molecule has 2 rings (SSSR count). The average molecular weight is 282 g/mol. The molecule has 0 aliphatic heterocycles. The second kappa shape index (κ2) is 7.48. The first-order chi connectivity index (χ1) is 10.3. The van der Waals surface area contributed by atoms with Crippen molar-refractivity contribution >= 4 is 11.6 Å². The molecule has 1 amide bonds. The van der Waals surface area contributed by atoms with E-state index in [4.69, 9.17) is 0 Å². The molecule has 21 heavy (non-hydrogen) atoms. The third-order valence-corrected chi connectivity index (χ3v) is 3.54. The molecule has 3 heteroatoms. The number of hydrogen-bond donors (Lipinski definition) is 1. The average Bonchev–Trinajstić information content (AvgIpc) is 2.55. The molecule has 0 fully saturated rings. The van der Waals surface area contributed by atoms with Crippen LogP contribution in [0.4, 0.5) is 5.69 Å². The Hall–Kier alpha value is -2.29. The lowest BCUT2D eigenvalue weighted by molar-refractivity contribution is -0.131. The normalized spacial score (nSPS) is 11.7. The molecular formula is C18H22N2O. The van der Waals surface area contributed by atoms with Crippen LogP contribution in [0, 0.1) is 0 Å². The molecule has 1 unspecified atom stereocenters. The van der Waals surface area contributed by atoms with Gasteiger partial charge in [0.2, 0.25) is 5.91 Å². The van der Waals surface area contributed by atoms with E-state index >= 15 is 0 Å². The zero-order valence-electron chi connectivity index (χ0n) is 12.6. The first-order valence-corrected chi connectivity index (χ1v) is 7.41. The fourth-order valence-electron chi connectivity index (χ4n) is 2.35. The molecule has 2 aromatic carbocycles. The smallest absolute Gasteiger partial charge is 0.249 e. The van der Waals surface area contributed by atoms with Gasteiger partial charge >= 0.3 is 0 Å². The highest BCUT2D eigenvalue weighted by molar-refractivity contribution is 5.86. The summed E-state index contributed by atoms with van der Waals surface area (Å²) in [7, 11) is 0. The van der Waals surface area contributed by atoms with Crippen molar-refractivity contribution in [1.82, 2.24) is 4.90 Å². The summed E-state index contributed by atoms with van der Waals surface area (Å²) in [6.45, 7) is 5.45. The lowest BCUT2D eigenvalue weighted by Crippen LogP contribution is -2.37. The van der Waals surface area contributed by atoms with Gasteiger partial charge in [-0.3, -0.25) is 4.79 Å². The first-order valence-electron chi connectivity index (χ1n) is 7.41. The van der Waals surface area contributed by atoms with E-state index in [0.29, 0.717) is 0 Å². The number of likely N-dealkylation sites (N-methyl/N-ethyl adjacent to an activating group) is 1. The zero-order valence-corrected chi connectivity index (χ0v) is 12.6. The molecule has 0 aromatic heterocycles. The number of nitrogens with zero attached hydrogens (tertiary/aromatic N) is 1. The highest BCUT2D eigenvalue weighted by Crippen LogP contribution is 2.21. The number of anilines is 1. The van der Waals surface area contributed by atoms with Crippen LogP contribution >= 0.6 is 0 Å². The number of para-hydroxylation sites is 1. The molecular weight excluding hydrogens is 260 g/mol. The van der Waals surface area contributed by atoms with Gasteiger partial charge in [-0.25, -0.2) is 0 Å². The largest absolute Gasteiger partial charge is 0.370 e. The highest BCUT2D eigenvalue weighted by atomic mass is 16.2. The van der Waals surface area contributed by atoms with Crippen molar-refractivity contribution in [3.8, 4) is 0 Å². The summed E-state index contributed by atoms with van der Waals surface area (Å²) in [5.41, 5.74) is 1.94. The lowest BCUT2D eigenvalue weighted by Gasteiger charge is -2.26. The maximum Gasteiger partial charge on any atom is 0.249 e. The van der Waals surface area contributed by atoms with Gasteiger partial charge in [-0.2, -0.15) is 0 Å². The van der Waals surface area contributed by atoms with Crippen LogP contribution < -0.4 is 5.32 Å². The van der Waals surface area contributed by atoms with E-state index < -0.39 is 0 Å². The van der Waals surface area contributed by atoms with Gasteiger partial charge in [-0.05, 0) is 31.5 Å². The van der Waals surface area contributed by atoms with E-state index in [1.54, 1.807) is 0 Å². The zero-order chi connectivity index (χ0) is 15.1. The van der Waals surface area contributed by atoms with Gasteiger partial charge in [0.15, 0.2) is 0 Å². The summed E-state index contributed by atoms with van der Waals surface area (Å²) >= 11 is 0. The van der Waals surface area contributed by atoms with E-state index in [0.717, 1.165) is 24.3 Å². The Morgan fingerprint density at radius 2 is 1.48 bits per heavy atom. The van der Waals surface area contributed by atoms with Crippen molar-refractivity contribution in [2.45, 2.75) is 19.9 Å². The monoisotopic (exact) mass is 282 g/mol. The van der Waals surface area contributed by atoms with Crippen molar-refractivity contribution in [2.24, 2.45) is 0 Å². The summed E-state index contributed by atoms with van der Waals surface area (Å²) in [5.74, 6) is 0.107. The predicted molar refractivity (Wildman–Crippen MR) is 87.2 cm³/mol. The van der Waals surface area contributed by atoms with E-state index in [9.17, 15) is 4.79 Å². The summed E-state index contributed by atoms with van der Waals surface area (Å²) in [5, 5.41) is 3.35.